The van der Waals surface area contributed by atoms with Gasteiger partial charge in [0.05, 0.1) is 6.10 Å². The molecule has 1 nitrogen and oxygen atoms in total. The third kappa shape index (κ3) is 2.55. The van der Waals surface area contributed by atoms with Gasteiger partial charge in [-0.15, -0.1) is 11.6 Å². The number of halogens is 2. The largest absolute Gasteiger partial charge is 0.392 e. The van der Waals surface area contributed by atoms with E-state index in [-0.39, 0.29) is 23.8 Å². The molecular formula is C13H16ClFO. The predicted molar refractivity (Wildman–Crippen MR) is 63.0 cm³/mol. The number of hydrogen-bond donors (Lipinski definition) is 1. The molecule has 0 amide bonds. The molecule has 1 aromatic rings. The minimum Gasteiger partial charge on any atom is -0.392 e. The molecule has 0 aromatic heterocycles. The number of rotatable bonds is 3. The van der Waals surface area contributed by atoms with E-state index in [0.717, 1.165) is 24.8 Å². The zero-order valence-electron chi connectivity index (χ0n) is 9.07. The van der Waals surface area contributed by atoms with Crippen molar-refractivity contribution in [1.29, 1.82) is 0 Å². The molecule has 1 aliphatic carbocycles. The van der Waals surface area contributed by atoms with Crippen molar-refractivity contribution in [3.8, 4) is 0 Å². The van der Waals surface area contributed by atoms with E-state index < -0.39 is 0 Å². The molecule has 0 heterocycles. The number of aliphatic hydroxyl groups is 1. The topological polar surface area (TPSA) is 20.2 Å². The molecular weight excluding hydrogens is 227 g/mol. The lowest BCUT2D eigenvalue weighted by molar-refractivity contribution is 0.0991. The van der Waals surface area contributed by atoms with Crippen LogP contribution >= 0.6 is 11.6 Å². The van der Waals surface area contributed by atoms with Crippen molar-refractivity contribution in [3.63, 3.8) is 0 Å². The molecule has 2 rings (SSSR count). The van der Waals surface area contributed by atoms with Crippen LogP contribution < -0.4 is 0 Å². The minimum absolute atomic E-state index is 0.214. The van der Waals surface area contributed by atoms with Crippen LogP contribution in [0.25, 0.3) is 0 Å². The van der Waals surface area contributed by atoms with Gasteiger partial charge >= 0.3 is 0 Å². The molecule has 1 aliphatic rings. The van der Waals surface area contributed by atoms with Crippen LogP contribution in [0.3, 0.4) is 0 Å². The predicted octanol–water partition coefficient (Wildman–Crippen LogP) is 2.99. The Morgan fingerprint density at radius 3 is 2.38 bits per heavy atom. The highest BCUT2D eigenvalue weighted by atomic mass is 35.5. The van der Waals surface area contributed by atoms with E-state index in [2.05, 4.69) is 0 Å². The van der Waals surface area contributed by atoms with Gasteiger partial charge in [-0.1, -0.05) is 12.1 Å². The van der Waals surface area contributed by atoms with Crippen LogP contribution in [0.2, 0.25) is 0 Å². The Morgan fingerprint density at radius 1 is 1.19 bits per heavy atom. The van der Waals surface area contributed by atoms with Gasteiger partial charge in [-0.2, -0.15) is 0 Å². The van der Waals surface area contributed by atoms with E-state index in [1.165, 1.54) is 12.1 Å². The molecule has 1 N–H and O–H groups in total. The first kappa shape index (κ1) is 11.9. The van der Waals surface area contributed by atoms with Gasteiger partial charge in [-0.05, 0) is 48.8 Å². The van der Waals surface area contributed by atoms with Crippen LogP contribution in [0.15, 0.2) is 24.3 Å². The number of aliphatic hydroxyl groups excluding tert-OH is 1. The summed E-state index contributed by atoms with van der Waals surface area (Å²) in [7, 11) is 0. The third-order valence-electron chi connectivity index (χ3n) is 3.48. The van der Waals surface area contributed by atoms with Crippen molar-refractivity contribution in [2.45, 2.75) is 25.4 Å². The maximum Gasteiger partial charge on any atom is 0.123 e. The van der Waals surface area contributed by atoms with E-state index in [1.807, 2.05) is 0 Å². The average molecular weight is 243 g/mol. The first-order valence-electron chi connectivity index (χ1n) is 5.69. The van der Waals surface area contributed by atoms with Crippen LogP contribution in [0, 0.1) is 17.7 Å². The summed E-state index contributed by atoms with van der Waals surface area (Å²) in [5.74, 6) is 0.817. The van der Waals surface area contributed by atoms with Gasteiger partial charge in [-0.25, -0.2) is 4.39 Å². The zero-order chi connectivity index (χ0) is 11.5. The average Bonchev–Trinajstić information content (AvgIpc) is 2.63. The van der Waals surface area contributed by atoms with E-state index in [4.69, 9.17) is 11.6 Å². The highest BCUT2D eigenvalue weighted by Gasteiger charge is 2.33. The lowest BCUT2D eigenvalue weighted by atomic mass is 9.94. The fourth-order valence-corrected chi connectivity index (χ4v) is 2.81. The van der Waals surface area contributed by atoms with E-state index >= 15 is 0 Å². The van der Waals surface area contributed by atoms with E-state index in [1.54, 1.807) is 12.1 Å². The Kier molecular flexibility index (Phi) is 3.82. The second-order valence-corrected chi connectivity index (χ2v) is 4.88. The Balaban J connectivity index is 1.98. The van der Waals surface area contributed by atoms with Gasteiger partial charge in [0, 0.05) is 5.88 Å². The minimum atomic E-state index is -0.303. The first-order chi connectivity index (χ1) is 7.70. The lowest BCUT2D eigenvalue weighted by Crippen LogP contribution is -2.23. The Bertz CT molecular complexity index is 338. The third-order valence-corrected chi connectivity index (χ3v) is 3.88. The highest BCUT2D eigenvalue weighted by Crippen LogP contribution is 2.34. The standard InChI is InChI=1S/C13H16ClFO/c14-8-11-4-3-10(13(11)16)7-9-1-5-12(15)6-2-9/h1-2,5-6,10-11,13,16H,3-4,7-8H2/t10-,11-,13-/m0/s1. The maximum absolute atomic E-state index is 12.7. The van der Waals surface area contributed by atoms with Crippen LogP contribution in [0.1, 0.15) is 18.4 Å². The number of hydrogen-bond acceptors (Lipinski definition) is 1. The second kappa shape index (κ2) is 5.15. The van der Waals surface area contributed by atoms with Crippen LogP contribution in [-0.4, -0.2) is 17.1 Å². The van der Waals surface area contributed by atoms with Crippen molar-refractivity contribution >= 4 is 11.6 Å². The molecule has 0 unspecified atom stereocenters. The molecule has 0 bridgehead atoms. The molecule has 16 heavy (non-hydrogen) atoms. The summed E-state index contributed by atoms with van der Waals surface area (Å²) in [5.41, 5.74) is 1.08. The zero-order valence-corrected chi connectivity index (χ0v) is 9.83. The Hall–Kier alpha value is -0.600. The fraction of sp³-hybridized carbons (Fsp3) is 0.538. The van der Waals surface area contributed by atoms with Crippen molar-refractivity contribution in [3.05, 3.63) is 35.6 Å². The van der Waals surface area contributed by atoms with Gasteiger partial charge in [0.25, 0.3) is 0 Å². The van der Waals surface area contributed by atoms with E-state index in [0.29, 0.717) is 5.88 Å². The molecule has 1 aromatic carbocycles. The summed E-state index contributed by atoms with van der Waals surface area (Å²) < 4.78 is 12.7. The molecule has 0 radical (unpaired) electrons. The smallest absolute Gasteiger partial charge is 0.123 e. The Morgan fingerprint density at radius 2 is 1.81 bits per heavy atom. The van der Waals surface area contributed by atoms with Crippen molar-refractivity contribution < 1.29 is 9.50 Å². The van der Waals surface area contributed by atoms with Crippen molar-refractivity contribution in [1.82, 2.24) is 0 Å². The summed E-state index contributed by atoms with van der Waals surface area (Å²) in [5, 5.41) is 10.0. The van der Waals surface area contributed by atoms with Crippen LogP contribution in [0.4, 0.5) is 4.39 Å². The summed E-state index contributed by atoms with van der Waals surface area (Å²) in [6, 6.07) is 6.51. The van der Waals surface area contributed by atoms with Gasteiger partial charge in [-0.3, -0.25) is 0 Å². The number of benzene rings is 1. The SMILES string of the molecule is O[C@@H]1[C@H](CCl)CC[C@H]1Cc1ccc(F)cc1. The summed E-state index contributed by atoms with van der Waals surface area (Å²) >= 11 is 5.78. The molecule has 3 heteroatoms. The molecule has 0 aliphatic heterocycles. The first-order valence-corrected chi connectivity index (χ1v) is 6.22. The van der Waals surface area contributed by atoms with E-state index in [9.17, 15) is 9.50 Å². The second-order valence-electron chi connectivity index (χ2n) is 4.57. The molecule has 0 saturated heterocycles. The van der Waals surface area contributed by atoms with Crippen LogP contribution in [0.5, 0.6) is 0 Å². The van der Waals surface area contributed by atoms with Gasteiger partial charge in [0.1, 0.15) is 5.82 Å². The highest BCUT2D eigenvalue weighted by molar-refractivity contribution is 6.18. The van der Waals surface area contributed by atoms with Crippen LogP contribution in [-0.2, 0) is 6.42 Å². The monoisotopic (exact) mass is 242 g/mol. The number of alkyl halides is 1. The van der Waals surface area contributed by atoms with Crippen molar-refractivity contribution in [2.75, 3.05) is 5.88 Å². The summed E-state index contributed by atoms with van der Waals surface area (Å²) in [6.45, 7) is 0. The quantitative estimate of drug-likeness (QED) is 0.808. The maximum atomic E-state index is 12.7. The molecule has 0 spiro atoms. The Labute approximate surface area is 100 Å². The summed E-state index contributed by atoms with van der Waals surface area (Å²) in [6.07, 6.45) is 2.52. The summed E-state index contributed by atoms with van der Waals surface area (Å²) in [4.78, 5) is 0. The van der Waals surface area contributed by atoms with Gasteiger partial charge in [0.15, 0.2) is 0 Å². The molecule has 88 valence electrons. The molecule has 1 fully saturated rings. The van der Waals surface area contributed by atoms with Gasteiger partial charge < -0.3 is 5.11 Å². The lowest BCUT2D eigenvalue weighted by Gasteiger charge is -2.18. The molecule has 3 atom stereocenters. The normalized spacial score (nSPS) is 29.6. The molecule has 1 saturated carbocycles. The fourth-order valence-electron chi connectivity index (χ4n) is 2.47. The van der Waals surface area contributed by atoms with Crippen molar-refractivity contribution in [2.24, 2.45) is 11.8 Å². The van der Waals surface area contributed by atoms with Gasteiger partial charge in [0.2, 0.25) is 0 Å².